The number of fused-ring (bicyclic) bond motifs is 1. The minimum absolute atomic E-state index is 0.283. The average Bonchev–Trinajstić information content (AvgIpc) is 3.20. The van der Waals surface area contributed by atoms with Crippen LogP contribution in [0, 0.1) is 6.92 Å². The Bertz CT molecular complexity index is 1530. The molecule has 0 spiro atoms. The Hall–Kier alpha value is -3.40. The van der Waals surface area contributed by atoms with Crippen LogP contribution in [0.3, 0.4) is 0 Å². The summed E-state index contributed by atoms with van der Waals surface area (Å²) in [7, 11) is 1.52. The first-order valence-corrected chi connectivity index (χ1v) is 12.5. The number of ether oxygens (including phenoxy) is 1. The molecule has 186 valence electrons. The topological polar surface area (TPSA) is 102 Å². The number of thiophene rings is 1. The van der Waals surface area contributed by atoms with E-state index in [1.165, 1.54) is 24.1 Å². The van der Waals surface area contributed by atoms with Crippen LogP contribution >= 0.6 is 34.5 Å². The molecule has 0 bridgehead atoms. The van der Waals surface area contributed by atoms with Gasteiger partial charge in [-0.1, -0.05) is 42.3 Å². The van der Waals surface area contributed by atoms with Gasteiger partial charge in [0.1, 0.15) is 16.6 Å². The molecule has 4 aromatic rings. The maximum atomic E-state index is 13.5. The fraction of sp³-hybridized carbons (Fsp3) is 0.200. The number of carbonyl (C=O) groups is 2. The number of halogens is 2. The van der Waals surface area contributed by atoms with Crippen LogP contribution in [-0.4, -0.2) is 28.5 Å². The largest absolute Gasteiger partial charge is 0.495 e. The SMILES string of the molecule is CCC(C(=O)Nc1ccc(Cl)cc1Cl)n1cnc2sc(C(=O)Nc3ccccc3OC)c(C)c2c1=O. The first-order chi connectivity index (χ1) is 17.2. The van der Waals surface area contributed by atoms with Gasteiger partial charge in [-0.05, 0) is 49.2 Å². The molecule has 2 N–H and O–H groups in total. The van der Waals surface area contributed by atoms with Crippen molar-refractivity contribution in [1.29, 1.82) is 0 Å². The molecular formula is C25H22Cl2N4O4S. The van der Waals surface area contributed by atoms with E-state index in [4.69, 9.17) is 27.9 Å². The summed E-state index contributed by atoms with van der Waals surface area (Å²) < 4.78 is 6.57. The molecule has 2 amide bonds. The van der Waals surface area contributed by atoms with E-state index in [0.29, 0.717) is 49.2 Å². The summed E-state index contributed by atoms with van der Waals surface area (Å²) in [6.45, 7) is 3.48. The van der Waals surface area contributed by atoms with Gasteiger partial charge in [0.05, 0.1) is 40.1 Å². The number of rotatable bonds is 7. The van der Waals surface area contributed by atoms with E-state index in [9.17, 15) is 14.4 Å². The Morgan fingerprint density at radius 1 is 1.14 bits per heavy atom. The van der Waals surface area contributed by atoms with E-state index in [1.54, 1.807) is 50.2 Å². The van der Waals surface area contributed by atoms with Crippen molar-refractivity contribution in [1.82, 2.24) is 9.55 Å². The second-order valence-corrected chi connectivity index (χ2v) is 9.73. The summed E-state index contributed by atoms with van der Waals surface area (Å²) >= 11 is 13.2. The zero-order chi connectivity index (χ0) is 26.0. The molecule has 0 radical (unpaired) electrons. The number of nitrogens with zero attached hydrogens (tertiary/aromatic N) is 2. The molecule has 0 saturated heterocycles. The number of anilines is 2. The molecule has 1 atom stereocenters. The standard InChI is InChI=1S/C25H22Cl2N4O4S/c1-4-18(22(32)29-16-10-9-14(26)11-15(16)27)31-12-28-24-20(25(31)34)13(2)21(36-24)23(33)30-17-7-5-6-8-19(17)35-3/h5-12,18H,4H2,1-3H3,(H,29,32)(H,30,33). The number of carbonyl (C=O) groups excluding carboxylic acids is 2. The fourth-order valence-corrected chi connectivity index (χ4v) is 5.31. The lowest BCUT2D eigenvalue weighted by Gasteiger charge is -2.18. The number of hydrogen-bond acceptors (Lipinski definition) is 6. The molecule has 1 unspecified atom stereocenters. The van der Waals surface area contributed by atoms with Gasteiger partial charge in [-0.15, -0.1) is 11.3 Å². The Labute approximate surface area is 220 Å². The van der Waals surface area contributed by atoms with Crippen LogP contribution in [0.4, 0.5) is 11.4 Å². The van der Waals surface area contributed by atoms with Crippen molar-refractivity contribution in [2.75, 3.05) is 17.7 Å². The maximum absolute atomic E-state index is 13.5. The van der Waals surface area contributed by atoms with Gasteiger partial charge in [0.25, 0.3) is 11.5 Å². The number of benzene rings is 2. The highest BCUT2D eigenvalue weighted by atomic mass is 35.5. The number of aromatic nitrogens is 2. The van der Waals surface area contributed by atoms with Crippen LogP contribution in [-0.2, 0) is 4.79 Å². The van der Waals surface area contributed by atoms with Crippen molar-refractivity contribution in [2.24, 2.45) is 0 Å². The number of hydrogen-bond donors (Lipinski definition) is 2. The number of nitrogens with one attached hydrogen (secondary N) is 2. The molecule has 0 fully saturated rings. The van der Waals surface area contributed by atoms with Crippen molar-refractivity contribution in [3.05, 3.63) is 79.6 Å². The quantitative estimate of drug-likeness (QED) is 0.300. The molecule has 4 rings (SSSR count). The van der Waals surface area contributed by atoms with Crippen LogP contribution in [0.1, 0.15) is 34.6 Å². The minimum Gasteiger partial charge on any atom is -0.495 e. The number of para-hydroxylation sites is 2. The molecular weight excluding hydrogens is 523 g/mol. The average molecular weight is 545 g/mol. The highest BCUT2D eigenvalue weighted by Crippen LogP contribution is 2.31. The molecule has 0 aliphatic rings. The molecule has 2 aromatic carbocycles. The summed E-state index contributed by atoms with van der Waals surface area (Å²) in [5.74, 6) is -0.289. The molecule has 11 heteroatoms. The Morgan fingerprint density at radius 2 is 1.89 bits per heavy atom. The lowest BCUT2D eigenvalue weighted by Crippen LogP contribution is -2.33. The first-order valence-electron chi connectivity index (χ1n) is 11.0. The molecule has 2 heterocycles. The highest BCUT2D eigenvalue weighted by molar-refractivity contribution is 7.20. The van der Waals surface area contributed by atoms with Crippen molar-refractivity contribution in [2.45, 2.75) is 26.3 Å². The van der Waals surface area contributed by atoms with E-state index in [1.807, 2.05) is 0 Å². The van der Waals surface area contributed by atoms with E-state index in [-0.39, 0.29) is 10.9 Å². The second-order valence-electron chi connectivity index (χ2n) is 7.89. The molecule has 0 saturated carbocycles. The van der Waals surface area contributed by atoms with Gasteiger partial charge < -0.3 is 15.4 Å². The summed E-state index contributed by atoms with van der Waals surface area (Å²) in [6.07, 6.45) is 1.66. The lowest BCUT2D eigenvalue weighted by atomic mass is 10.1. The lowest BCUT2D eigenvalue weighted by molar-refractivity contribution is -0.119. The summed E-state index contributed by atoms with van der Waals surface area (Å²) in [5.41, 5.74) is 0.976. The van der Waals surface area contributed by atoms with Gasteiger partial charge in [-0.2, -0.15) is 0 Å². The molecule has 36 heavy (non-hydrogen) atoms. The number of methoxy groups -OCH3 is 1. The number of amides is 2. The monoisotopic (exact) mass is 544 g/mol. The Balaban J connectivity index is 1.67. The van der Waals surface area contributed by atoms with Crippen LogP contribution in [0.2, 0.25) is 10.0 Å². The normalized spacial score (nSPS) is 11.8. The first kappa shape index (κ1) is 25.7. The molecule has 2 aromatic heterocycles. The molecule has 0 aliphatic heterocycles. The summed E-state index contributed by atoms with van der Waals surface area (Å²) in [6, 6.07) is 10.9. The van der Waals surface area contributed by atoms with E-state index in [0.717, 1.165) is 11.3 Å². The highest BCUT2D eigenvalue weighted by Gasteiger charge is 2.25. The summed E-state index contributed by atoms with van der Waals surface area (Å²) in [4.78, 5) is 44.7. The predicted octanol–water partition coefficient (Wildman–Crippen LogP) is 5.92. The Kier molecular flexibility index (Phi) is 7.63. The third kappa shape index (κ3) is 4.95. The summed E-state index contributed by atoms with van der Waals surface area (Å²) in [5, 5.41) is 6.59. The zero-order valence-electron chi connectivity index (χ0n) is 19.6. The van der Waals surface area contributed by atoms with Crippen molar-refractivity contribution in [3.8, 4) is 5.75 Å². The van der Waals surface area contributed by atoms with Crippen LogP contribution in [0.5, 0.6) is 5.75 Å². The Morgan fingerprint density at radius 3 is 2.58 bits per heavy atom. The smallest absolute Gasteiger partial charge is 0.266 e. The predicted molar refractivity (Wildman–Crippen MR) is 144 cm³/mol. The van der Waals surface area contributed by atoms with Crippen molar-refractivity contribution in [3.63, 3.8) is 0 Å². The minimum atomic E-state index is -0.841. The van der Waals surface area contributed by atoms with Gasteiger partial charge in [-0.25, -0.2) is 4.98 Å². The zero-order valence-corrected chi connectivity index (χ0v) is 21.9. The molecule has 8 nitrogen and oxygen atoms in total. The third-order valence-electron chi connectivity index (χ3n) is 5.65. The van der Waals surface area contributed by atoms with Crippen LogP contribution in [0.15, 0.2) is 53.6 Å². The maximum Gasteiger partial charge on any atom is 0.266 e. The van der Waals surface area contributed by atoms with E-state index >= 15 is 0 Å². The van der Waals surface area contributed by atoms with Gasteiger partial charge in [0.2, 0.25) is 5.91 Å². The van der Waals surface area contributed by atoms with Crippen molar-refractivity contribution >= 4 is 67.9 Å². The van der Waals surface area contributed by atoms with Crippen LogP contribution in [0.25, 0.3) is 10.2 Å². The van der Waals surface area contributed by atoms with Gasteiger partial charge in [0, 0.05) is 5.02 Å². The van der Waals surface area contributed by atoms with Crippen molar-refractivity contribution < 1.29 is 14.3 Å². The van der Waals surface area contributed by atoms with Gasteiger partial charge >= 0.3 is 0 Å². The second kappa shape index (κ2) is 10.7. The van der Waals surface area contributed by atoms with Crippen LogP contribution < -0.4 is 20.9 Å². The third-order valence-corrected chi connectivity index (χ3v) is 7.40. The fourth-order valence-electron chi connectivity index (χ4n) is 3.82. The van der Waals surface area contributed by atoms with E-state index in [2.05, 4.69) is 15.6 Å². The van der Waals surface area contributed by atoms with Gasteiger partial charge in [0.15, 0.2) is 0 Å². The molecule has 0 aliphatic carbocycles. The van der Waals surface area contributed by atoms with E-state index < -0.39 is 17.5 Å². The number of aryl methyl sites for hydroxylation is 1. The van der Waals surface area contributed by atoms with Gasteiger partial charge in [-0.3, -0.25) is 19.0 Å².